The van der Waals surface area contributed by atoms with Crippen molar-refractivity contribution in [1.82, 2.24) is 0 Å². The van der Waals surface area contributed by atoms with Gasteiger partial charge in [-0.15, -0.1) is 0 Å². The molecule has 1 N–H and O–H groups in total. The molecule has 0 spiro atoms. The van der Waals surface area contributed by atoms with E-state index in [1.54, 1.807) is 0 Å². The first-order valence-electron chi connectivity index (χ1n) is 6.29. The third-order valence-corrected chi connectivity index (χ3v) is 4.23. The molecule has 0 radical (unpaired) electrons. The molecule has 1 aliphatic heterocycles. The Bertz CT molecular complexity index is 604. The number of hydrogen-bond donors (Lipinski definition) is 1. The first-order chi connectivity index (χ1) is 9.88. The molecule has 2 rings (SSSR count). The lowest BCUT2D eigenvalue weighted by Crippen LogP contribution is -2.24. The zero-order chi connectivity index (χ0) is 15.6. The third kappa shape index (κ3) is 3.52. The molecule has 1 aliphatic rings. The number of anilines is 1. The molecule has 0 aliphatic carbocycles. The maximum atomic E-state index is 12.0. The van der Waals surface area contributed by atoms with Crippen LogP contribution in [0, 0.1) is 16.0 Å². The number of amides is 1. The molecule has 0 bridgehead atoms. The quantitative estimate of drug-likeness (QED) is 0.673. The molecule has 1 saturated heterocycles. The maximum Gasteiger partial charge on any atom is 0.273 e. The predicted octanol–water partition coefficient (Wildman–Crippen LogP) is 1.93. The van der Waals surface area contributed by atoms with Gasteiger partial charge < -0.3 is 10.0 Å². The van der Waals surface area contributed by atoms with Crippen molar-refractivity contribution in [1.29, 1.82) is 0 Å². The van der Waals surface area contributed by atoms with E-state index in [0.717, 1.165) is 6.07 Å². The molecule has 1 aromatic rings. The molecule has 21 heavy (non-hydrogen) atoms. The second-order valence-electron chi connectivity index (χ2n) is 4.81. The van der Waals surface area contributed by atoms with Crippen molar-refractivity contribution in [2.75, 3.05) is 17.2 Å². The van der Waals surface area contributed by atoms with E-state index in [9.17, 15) is 24.8 Å². The molecule has 8 heteroatoms. The number of nitrogens with zero attached hydrogens (tertiary/aromatic N) is 2. The molecule has 112 valence electrons. The fourth-order valence-electron chi connectivity index (χ4n) is 2.21. The van der Waals surface area contributed by atoms with Gasteiger partial charge in [0, 0.05) is 31.7 Å². The number of phenols is 1. The standard InChI is InChI=1S/C13H14N2O5S/c1-8(16)21-7-9-4-13(18)14(6-9)11-3-2-10(15(19)20)5-12(11)17/h2-3,5,9,17H,4,6-7H2,1H3. The number of phenolic OH excluding ortho intramolecular Hbond substituents is 1. The summed E-state index contributed by atoms with van der Waals surface area (Å²) in [7, 11) is 0. The van der Waals surface area contributed by atoms with Gasteiger partial charge in [0.2, 0.25) is 5.91 Å². The van der Waals surface area contributed by atoms with E-state index >= 15 is 0 Å². The Morgan fingerprint density at radius 3 is 2.86 bits per heavy atom. The van der Waals surface area contributed by atoms with E-state index in [1.807, 2.05) is 0 Å². The van der Waals surface area contributed by atoms with Crippen molar-refractivity contribution >= 4 is 34.2 Å². The summed E-state index contributed by atoms with van der Waals surface area (Å²) in [6.45, 7) is 1.87. The summed E-state index contributed by atoms with van der Waals surface area (Å²) in [5.74, 6) is 0.123. The summed E-state index contributed by atoms with van der Waals surface area (Å²) in [6, 6.07) is 3.64. The van der Waals surface area contributed by atoms with Crippen LogP contribution in [0.25, 0.3) is 0 Å². The van der Waals surface area contributed by atoms with Gasteiger partial charge in [-0.1, -0.05) is 11.8 Å². The fourth-order valence-corrected chi connectivity index (χ4v) is 2.91. The van der Waals surface area contributed by atoms with Gasteiger partial charge in [0.1, 0.15) is 5.75 Å². The highest BCUT2D eigenvalue weighted by atomic mass is 32.2. The highest BCUT2D eigenvalue weighted by Crippen LogP contribution is 2.35. The average molecular weight is 310 g/mol. The molecule has 1 atom stereocenters. The van der Waals surface area contributed by atoms with E-state index in [2.05, 4.69) is 0 Å². The monoisotopic (exact) mass is 310 g/mol. The molecule has 1 amide bonds. The van der Waals surface area contributed by atoms with Crippen LogP contribution in [-0.2, 0) is 9.59 Å². The van der Waals surface area contributed by atoms with Crippen molar-refractivity contribution in [3.8, 4) is 5.75 Å². The Morgan fingerprint density at radius 1 is 1.57 bits per heavy atom. The Labute approximate surface area is 125 Å². The fraction of sp³-hybridized carbons (Fsp3) is 0.385. The lowest BCUT2D eigenvalue weighted by Gasteiger charge is -2.17. The first-order valence-corrected chi connectivity index (χ1v) is 7.28. The number of aromatic hydroxyl groups is 1. The van der Waals surface area contributed by atoms with Gasteiger partial charge in [-0.05, 0) is 12.0 Å². The Balaban J connectivity index is 2.13. The number of carbonyl (C=O) groups excluding carboxylic acids is 2. The minimum Gasteiger partial charge on any atom is -0.505 e. The Morgan fingerprint density at radius 2 is 2.29 bits per heavy atom. The number of thioether (sulfide) groups is 1. The van der Waals surface area contributed by atoms with Crippen molar-refractivity contribution in [3.63, 3.8) is 0 Å². The number of rotatable bonds is 4. The minimum absolute atomic E-state index is 0.000850. The first kappa shape index (κ1) is 15.3. The zero-order valence-electron chi connectivity index (χ0n) is 11.3. The molecular formula is C13H14N2O5S. The van der Waals surface area contributed by atoms with Gasteiger partial charge in [-0.3, -0.25) is 19.7 Å². The van der Waals surface area contributed by atoms with E-state index in [4.69, 9.17) is 0 Å². The van der Waals surface area contributed by atoms with E-state index in [-0.39, 0.29) is 34.1 Å². The van der Waals surface area contributed by atoms with Crippen molar-refractivity contribution in [3.05, 3.63) is 28.3 Å². The van der Waals surface area contributed by atoms with Crippen molar-refractivity contribution in [2.45, 2.75) is 13.3 Å². The van der Waals surface area contributed by atoms with Crippen molar-refractivity contribution in [2.24, 2.45) is 5.92 Å². The second-order valence-corrected chi connectivity index (χ2v) is 6.00. The summed E-state index contributed by atoms with van der Waals surface area (Å²) in [6.07, 6.45) is 0.302. The summed E-state index contributed by atoms with van der Waals surface area (Å²) in [5, 5.41) is 20.5. The molecule has 0 saturated carbocycles. The van der Waals surface area contributed by atoms with Crippen LogP contribution >= 0.6 is 11.8 Å². The SMILES string of the molecule is CC(=O)SCC1CC(=O)N(c2ccc([N+](=O)[O-])cc2O)C1. The van der Waals surface area contributed by atoms with Crippen LogP contribution in [0.2, 0.25) is 0 Å². The summed E-state index contributed by atoms with van der Waals surface area (Å²) < 4.78 is 0. The molecule has 1 unspecified atom stereocenters. The Hall–Kier alpha value is -2.09. The van der Waals surface area contributed by atoms with Gasteiger partial charge in [-0.25, -0.2) is 0 Å². The van der Waals surface area contributed by atoms with Crippen LogP contribution in [0.15, 0.2) is 18.2 Å². The van der Waals surface area contributed by atoms with E-state index in [0.29, 0.717) is 18.7 Å². The summed E-state index contributed by atoms with van der Waals surface area (Å²) in [4.78, 5) is 34.4. The smallest absolute Gasteiger partial charge is 0.273 e. The van der Waals surface area contributed by atoms with Crippen molar-refractivity contribution < 1.29 is 19.6 Å². The van der Waals surface area contributed by atoms with Crippen LogP contribution in [0.5, 0.6) is 5.75 Å². The molecular weight excluding hydrogens is 296 g/mol. The van der Waals surface area contributed by atoms with Crippen LogP contribution < -0.4 is 4.90 Å². The van der Waals surface area contributed by atoms with E-state index in [1.165, 1.54) is 35.7 Å². The summed E-state index contributed by atoms with van der Waals surface area (Å²) >= 11 is 1.17. The largest absolute Gasteiger partial charge is 0.505 e. The lowest BCUT2D eigenvalue weighted by atomic mass is 10.1. The predicted molar refractivity (Wildman–Crippen MR) is 78.4 cm³/mol. The van der Waals surface area contributed by atoms with Gasteiger partial charge in [0.05, 0.1) is 16.7 Å². The number of nitro groups is 1. The van der Waals surface area contributed by atoms with E-state index < -0.39 is 4.92 Å². The highest BCUT2D eigenvalue weighted by Gasteiger charge is 2.32. The maximum absolute atomic E-state index is 12.0. The number of non-ortho nitro benzene ring substituents is 1. The zero-order valence-corrected chi connectivity index (χ0v) is 12.1. The van der Waals surface area contributed by atoms with Gasteiger partial charge in [0.25, 0.3) is 5.69 Å². The van der Waals surface area contributed by atoms with Gasteiger partial charge in [-0.2, -0.15) is 0 Å². The summed E-state index contributed by atoms with van der Waals surface area (Å²) in [5.41, 5.74) is 0.0347. The number of nitro benzene ring substituents is 1. The normalized spacial score (nSPS) is 18.0. The lowest BCUT2D eigenvalue weighted by molar-refractivity contribution is -0.384. The van der Waals surface area contributed by atoms with Gasteiger partial charge in [0.15, 0.2) is 5.12 Å². The molecule has 7 nitrogen and oxygen atoms in total. The number of benzene rings is 1. The Kier molecular flexibility index (Phi) is 4.46. The molecule has 1 aromatic carbocycles. The highest BCUT2D eigenvalue weighted by molar-refractivity contribution is 8.13. The molecule has 1 fully saturated rings. The molecule has 0 aromatic heterocycles. The number of hydrogen-bond acceptors (Lipinski definition) is 6. The van der Waals surface area contributed by atoms with Crippen LogP contribution in [0.1, 0.15) is 13.3 Å². The van der Waals surface area contributed by atoms with Crippen LogP contribution in [-0.4, -0.2) is 33.3 Å². The minimum atomic E-state index is -0.610. The third-order valence-electron chi connectivity index (χ3n) is 3.19. The topological polar surface area (TPSA) is 101 Å². The van der Waals surface area contributed by atoms with Gasteiger partial charge >= 0.3 is 0 Å². The second kappa shape index (κ2) is 6.13. The van der Waals surface area contributed by atoms with Crippen LogP contribution in [0.4, 0.5) is 11.4 Å². The number of carbonyl (C=O) groups is 2. The average Bonchev–Trinajstić information content (AvgIpc) is 2.77. The van der Waals surface area contributed by atoms with Crippen LogP contribution in [0.3, 0.4) is 0 Å². The molecule has 1 heterocycles.